The van der Waals surface area contributed by atoms with Crippen LogP contribution in [-0.2, 0) is 14.6 Å². The molecule has 0 saturated carbocycles. The second-order valence-corrected chi connectivity index (χ2v) is 7.30. The first-order valence-electron chi connectivity index (χ1n) is 5.22. The van der Waals surface area contributed by atoms with Gasteiger partial charge in [-0.3, -0.25) is 4.90 Å². The lowest BCUT2D eigenvalue weighted by Gasteiger charge is -2.35. The maximum Gasteiger partial charge on any atom is 0.164 e. The molecular weight excluding hydrogens is 248 g/mol. The van der Waals surface area contributed by atoms with Crippen LogP contribution in [0.3, 0.4) is 0 Å². The number of sulfone groups is 1. The van der Waals surface area contributed by atoms with Crippen molar-refractivity contribution in [2.24, 2.45) is 5.73 Å². The average molecular weight is 268 g/mol. The van der Waals surface area contributed by atoms with E-state index in [0.717, 1.165) is 12.3 Å². The van der Waals surface area contributed by atoms with Crippen LogP contribution in [0.2, 0.25) is 0 Å². The van der Waals surface area contributed by atoms with Gasteiger partial charge in [-0.15, -0.1) is 0 Å². The van der Waals surface area contributed by atoms with Crippen LogP contribution in [0.1, 0.15) is 0 Å². The Morgan fingerprint density at radius 2 is 2.31 bits per heavy atom. The third-order valence-corrected chi connectivity index (χ3v) is 5.41. The Balaban J connectivity index is 2.67. The molecule has 7 heteroatoms. The van der Waals surface area contributed by atoms with Gasteiger partial charge in [-0.1, -0.05) is 0 Å². The highest BCUT2D eigenvalue weighted by molar-refractivity contribution is 8.00. The van der Waals surface area contributed by atoms with E-state index in [9.17, 15) is 8.42 Å². The van der Waals surface area contributed by atoms with Gasteiger partial charge in [0.1, 0.15) is 5.37 Å². The van der Waals surface area contributed by atoms with E-state index >= 15 is 0 Å². The molecule has 0 aliphatic carbocycles. The van der Waals surface area contributed by atoms with Gasteiger partial charge in [0.15, 0.2) is 9.84 Å². The van der Waals surface area contributed by atoms with Gasteiger partial charge in [-0.05, 0) is 0 Å². The lowest BCUT2D eigenvalue weighted by molar-refractivity contribution is 0.0686. The van der Waals surface area contributed by atoms with Gasteiger partial charge in [-0.25, -0.2) is 8.42 Å². The normalized spacial score (nSPS) is 25.6. The van der Waals surface area contributed by atoms with Gasteiger partial charge >= 0.3 is 0 Å². The van der Waals surface area contributed by atoms with E-state index in [1.165, 1.54) is 6.26 Å². The minimum absolute atomic E-state index is 0.0904. The van der Waals surface area contributed by atoms with Crippen molar-refractivity contribution in [3.05, 3.63) is 0 Å². The quantitative estimate of drug-likeness (QED) is 0.716. The van der Waals surface area contributed by atoms with Crippen LogP contribution in [0.4, 0.5) is 0 Å². The first-order chi connectivity index (χ1) is 7.49. The summed E-state index contributed by atoms with van der Waals surface area (Å²) in [5.41, 5.74) is 5.55. The number of hydrogen-bond acceptors (Lipinski definition) is 6. The Morgan fingerprint density at radius 3 is 2.81 bits per heavy atom. The van der Waals surface area contributed by atoms with Gasteiger partial charge < -0.3 is 10.5 Å². The summed E-state index contributed by atoms with van der Waals surface area (Å²) in [5.74, 6) is 1.60. The zero-order valence-corrected chi connectivity index (χ0v) is 11.4. The molecule has 0 aromatic rings. The van der Waals surface area contributed by atoms with Gasteiger partial charge in [0.05, 0.1) is 6.10 Å². The molecule has 2 atom stereocenters. The first-order valence-corrected chi connectivity index (χ1v) is 8.33. The molecule has 0 amide bonds. The molecule has 0 radical (unpaired) electrons. The summed E-state index contributed by atoms with van der Waals surface area (Å²) in [6.07, 6.45) is 1.20. The lowest BCUT2D eigenvalue weighted by Crippen LogP contribution is -2.51. The predicted octanol–water partition coefficient (Wildman–Crippen LogP) is -0.620. The Labute approximate surface area is 102 Å². The minimum atomic E-state index is -3.03. The molecule has 0 aromatic heterocycles. The molecule has 96 valence electrons. The maximum atomic E-state index is 11.6. The molecular formula is C9H20N2O3S2. The van der Waals surface area contributed by atoms with Gasteiger partial charge in [-0.2, -0.15) is 11.8 Å². The van der Waals surface area contributed by atoms with E-state index in [-0.39, 0.29) is 6.10 Å². The molecule has 2 unspecified atom stereocenters. The number of nitrogens with zero attached hydrogens (tertiary/aromatic N) is 1. The standard InChI is InChI=1S/C9H20N2O3S2/c1-14-8(5-10)6-11-3-4-15-7-9(11)16(2,12)13/h8-9H,3-7,10H2,1-2H3. The number of ether oxygens (including phenoxy) is 1. The summed E-state index contributed by atoms with van der Waals surface area (Å²) < 4.78 is 28.5. The van der Waals surface area contributed by atoms with E-state index in [4.69, 9.17) is 10.5 Å². The topological polar surface area (TPSA) is 72.6 Å². The van der Waals surface area contributed by atoms with Crippen molar-refractivity contribution in [2.75, 3.05) is 44.5 Å². The Bertz CT molecular complexity index is 304. The molecule has 1 saturated heterocycles. The zero-order valence-electron chi connectivity index (χ0n) is 9.76. The predicted molar refractivity (Wildman–Crippen MR) is 67.4 cm³/mol. The smallest absolute Gasteiger partial charge is 0.164 e. The molecule has 2 N–H and O–H groups in total. The van der Waals surface area contributed by atoms with E-state index in [0.29, 0.717) is 18.8 Å². The maximum absolute atomic E-state index is 11.6. The number of rotatable bonds is 5. The molecule has 1 heterocycles. The van der Waals surface area contributed by atoms with E-state index in [1.54, 1.807) is 18.9 Å². The second kappa shape index (κ2) is 6.20. The molecule has 0 aromatic carbocycles. The molecule has 0 bridgehead atoms. The molecule has 16 heavy (non-hydrogen) atoms. The molecule has 1 aliphatic rings. The van der Waals surface area contributed by atoms with Crippen LogP contribution in [0.15, 0.2) is 0 Å². The van der Waals surface area contributed by atoms with Crippen molar-refractivity contribution in [3.63, 3.8) is 0 Å². The molecule has 0 spiro atoms. The largest absolute Gasteiger partial charge is 0.379 e. The molecule has 1 fully saturated rings. The van der Waals surface area contributed by atoms with Crippen molar-refractivity contribution in [3.8, 4) is 0 Å². The summed E-state index contributed by atoms with van der Waals surface area (Å²) in [6, 6.07) is 0. The van der Waals surface area contributed by atoms with E-state index in [1.807, 2.05) is 4.90 Å². The van der Waals surface area contributed by atoms with Crippen molar-refractivity contribution in [1.82, 2.24) is 4.90 Å². The van der Waals surface area contributed by atoms with Gasteiger partial charge in [0.25, 0.3) is 0 Å². The summed E-state index contributed by atoms with van der Waals surface area (Å²) in [6.45, 7) is 1.78. The van der Waals surface area contributed by atoms with Gasteiger partial charge in [0, 0.05) is 44.5 Å². The number of nitrogens with two attached hydrogens (primary N) is 1. The number of thioether (sulfide) groups is 1. The van der Waals surface area contributed by atoms with E-state index < -0.39 is 15.2 Å². The zero-order chi connectivity index (χ0) is 12.2. The Kier molecular flexibility index (Phi) is 5.52. The van der Waals surface area contributed by atoms with Crippen LogP contribution >= 0.6 is 11.8 Å². The summed E-state index contributed by atoms with van der Waals surface area (Å²) in [4.78, 5) is 1.97. The first kappa shape index (κ1) is 14.2. The summed E-state index contributed by atoms with van der Waals surface area (Å²) >= 11 is 1.68. The van der Waals surface area contributed by atoms with Gasteiger partial charge in [0.2, 0.25) is 0 Å². The van der Waals surface area contributed by atoms with Crippen molar-refractivity contribution < 1.29 is 13.2 Å². The molecule has 1 rings (SSSR count). The van der Waals surface area contributed by atoms with Crippen molar-refractivity contribution >= 4 is 21.6 Å². The monoisotopic (exact) mass is 268 g/mol. The average Bonchev–Trinajstić information content (AvgIpc) is 2.25. The van der Waals surface area contributed by atoms with Crippen LogP contribution in [0.5, 0.6) is 0 Å². The van der Waals surface area contributed by atoms with Crippen LogP contribution in [0, 0.1) is 0 Å². The Hall–Kier alpha value is 0.180. The number of methoxy groups -OCH3 is 1. The minimum Gasteiger partial charge on any atom is -0.379 e. The number of hydrogen-bond donors (Lipinski definition) is 1. The highest BCUT2D eigenvalue weighted by Crippen LogP contribution is 2.20. The fraction of sp³-hybridized carbons (Fsp3) is 1.00. The van der Waals surface area contributed by atoms with Crippen LogP contribution in [-0.4, -0.2) is 69.3 Å². The fourth-order valence-electron chi connectivity index (χ4n) is 1.73. The highest BCUT2D eigenvalue weighted by Gasteiger charge is 2.31. The molecule has 1 aliphatic heterocycles. The summed E-state index contributed by atoms with van der Waals surface area (Å²) in [7, 11) is -1.43. The summed E-state index contributed by atoms with van der Waals surface area (Å²) in [5, 5.41) is -0.393. The molecule has 5 nitrogen and oxygen atoms in total. The highest BCUT2D eigenvalue weighted by atomic mass is 32.2. The van der Waals surface area contributed by atoms with E-state index in [2.05, 4.69) is 0 Å². The third kappa shape index (κ3) is 3.89. The van der Waals surface area contributed by atoms with Crippen LogP contribution < -0.4 is 5.73 Å². The fourth-order valence-corrected chi connectivity index (χ4v) is 4.68. The van der Waals surface area contributed by atoms with Crippen LogP contribution in [0.25, 0.3) is 0 Å². The van der Waals surface area contributed by atoms with Crippen molar-refractivity contribution in [2.45, 2.75) is 11.5 Å². The second-order valence-electron chi connectivity index (χ2n) is 3.95. The van der Waals surface area contributed by atoms with Crippen molar-refractivity contribution in [1.29, 1.82) is 0 Å². The lowest BCUT2D eigenvalue weighted by atomic mass is 10.3. The Morgan fingerprint density at radius 1 is 1.62 bits per heavy atom. The third-order valence-electron chi connectivity index (χ3n) is 2.72. The SMILES string of the molecule is COC(CN)CN1CCSCC1S(C)(=O)=O.